The number of aliphatic imine (C=N–C) groups is 1. The summed E-state index contributed by atoms with van der Waals surface area (Å²) in [7, 11) is 0. The molecule has 0 bridgehead atoms. The molecule has 0 spiro atoms. The van der Waals surface area contributed by atoms with Crippen LogP contribution in [-0.4, -0.2) is 16.3 Å². The number of hydrogen-bond donors (Lipinski definition) is 2. The minimum absolute atomic E-state index is 0.173. The van der Waals surface area contributed by atoms with E-state index in [0.29, 0.717) is 16.3 Å². The first-order valence-corrected chi connectivity index (χ1v) is 6.19. The molecule has 3 rings (SSSR count). The van der Waals surface area contributed by atoms with Gasteiger partial charge >= 0.3 is 0 Å². The molecule has 3 aromatic rings. The second-order valence-electron chi connectivity index (χ2n) is 4.36. The lowest BCUT2D eigenvalue weighted by atomic mass is 10.1. The van der Waals surface area contributed by atoms with Crippen LogP contribution in [0.2, 0.25) is 0 Å². The first-order chi connectivity index (χ1) is 9.75. The van der Waals surface area contributed by atoms with Crippen LogP contribution in [0.15, 0.2) is 64.4 Å². The molecule has 0 fully saturated rings. The Morgan fingerprint density at radius 1 is 0.950 bits per heavy atom. The molecule has 2 aromatic carbocycles. The average Bonchev–Trinajstić information content (AvgIpc) is 2.48. The van der Waals surface area contributed by atoms with Gasteiger partial charge in [-0.25, -0.2) is 0 Å². The summed E-state index contributed by atoms with van der Waals surface area (Å²) in [5, 5.41) is 11.1. The lowest BCUT2D eigenvalue weighted by molar-refractivity contribution is 0.452. The van der Waals surface area contributed by atoms with Gasteiger partial charge in [-0.1, -0.05) is 36.4 Å². The molecule has 0 unspecified atom stereocenters. The van der Waals surface area contributed by atoms with Gasteiger partial charge in [0.05, 0.1) is 11.3 Å². The Morgan fingerprint density at radius 2 is 1.60 bits per heavy atom. The Morgan fingerprint density at radius 3 is 2.35 bits per heavy atom. The third kappa shape index (κ3) is 2.19. The molecular weight excluding hydrogens is 252 g/mol. The van der Waals surface area contributed by atoms with Gasteiger partial charge in [-0.2, -0.15) is 0 Å². The van der Waals surface area contributed by atoms with E-state index >= 15 is 0 Å². The SMILES string of the molecule is O=c1[nH]c(O)c(C=Nc2ccccc2)c2ccccc12. The van der Waals surface area contributed by atoms with Gasteiger partial charge in [0.2, 0.25) is 5.88 Å². The van der Waals surface area contributed by atoms with Crippen LogP contribution in [0.25, 0.3) is 10.8 Å². The number of fused-ring (bicyclic) bond motifs is 1. The highest BCUT2D eigenvalue weighted by molar-refractivity contribution is 6.01. The zero-order valence-corrected chi connectivity index (χ0v) is 10.6. The maximum atomic E-state index is 11.8. The minimum Gasteiger partial charge on any atom is -0.494 e. The van der Waals surface area contributed by atoms with Crippen molar-refractivity contribution >= 4 is 22.7 Å². The fourth-order valence-corrected chi connectivity index (χ4v) is 2.07. The Kier molecular flexibility index (Phi) is 3.05. The topological polar surface area (TPSA) is 65.5 Å². The zero-order chi connectivity index (χ0) is 13.9. The largest absolute Gasteiger partial charge is 0.494 e. The number of aromatic hydroxyl groups is 1. The number of hydrogen-bond acceptors (Lipinski definition) is 3. The van der Waals surface area contributed by atoms with Crippen LogP contribution in [0, 0.1) is 0 Å². The number of para-hydroxylation sites is 1. The number of aromatic nitrogens is 1. The smallest absolute Gasteiger partial charge is 0.258 e. The van der Waals surface area contributed by atoms with Crippen LogP contribution >= 0.6 is 0 Å². The van der Waals surface area contributed by atoms with E-state index in [-0.39, 0.29) is 11.4 Å². The summed E-state index contributed by atoms with van der Waals surface area (Å²) in [5.41, 5.74) is 0.973. The molecular formula is C16H12N2O2. The van der Waals surface area contributed by atoms with Crippen LogP contribution in [-0.2, 0) is 0 Å². The minimum atomic E-state index is -0.310. The van der Waals surface area contributed by atoms with Crippen molar-refractivity contribution in [2.45, 2.75) is 0 Å². The lowest BCUT2D eigenvalue weighted by Gasteiger charge is -2.04. The van der Waals surface area contributed by atoms with Gasteiger partial charge in [-0.3, -0.25) is 14.8 Å². The number of pyridine rings is 1. The molecule has 0 aliphatic heterocycles. The monoisotopic (exact) mass is 264 g/mol. The van der Waals surface area contributed by atoms with Crippen LogP contribution < -0.4 is 5.56 Å². The second kappa shape index (κ2) is 5.01. The van der Waals surface area contributed by atoms with Crippen molar-refractivity contribution in [3.05, 3.63) is 70.5 Å². The summed E-state index contributed by atoms with van der Waals surface area (Å²) in [6, 6.07) is 16.5. The maximum absolute atomic E-state index is 11.8. The van der Waals surface area contributed by atoms with Crippen molar-refractivity contribution in [3.63, 3.8) is 0 Å². The van der Waals surface area contributed by atoms with E-state index < -0.39 is 0 Å². The highest BCUT2D eigenvalue weighted by Gasteiger charge is 2.08. The first-order valence-electron chi connectivity index (χ1n) is 6.19. The molecule has 4 nitrogen and oxygen atoms in total. The number of rotatable bonds is 2. The molecule has 1 aromatic heterocycles. The molecule has 0 atom stereocenters. The van der Waals surface area contributed by atoms with Crippen molar-refractivity contribution in [1.29, 1.82) is 0 Å². The van der Waals surface area contributed by atoms with E-state index in [4.69, 9.17) is 0 Å². The van der Waals surface area contributed by atoms with Gasteiger partial charge in [-0.05, 0) is 18.2 Å². The summed E-state index contributed by atoms with van der Waals surface area (Å²) < 4.78 is 0. The van der Waals surface area contributed by atoms with Gasteiger partial charge < -0.3 is 5.11 Å². The van der Waals surface area contributed by atoms with E-state index in [1.54, 1.807) is 24.4 Å². The quantitative estimate of drug-likeness (QED) is 0.699. The van der Waals surface area contributed by atoms with Crippen molar-refractivity contribution < 1.29 is 5.11 Å². The molecule has 0 saturated carbocycles. The van der Waals surface area contributed by atoms with Gasteiger partial charge in [0.15, 0.2) is 0 Å². The van der Waals surface area contributed by atoms with E-state index in [1.807, 2.05) is 36.4 Å². The summed E-state index contributed by atoms with van der Waals surface area (Å²) in [6.45, 7) is 0. The Bertz CT molecular complexity index is 836. The number of nitrogens with zero attached hydrogens (tertiary/aromatic N) is 1. The predicted octanol–water partition coefficient (Wildman–Crippen LogP) is 2.98. The van der Waals surface area contributed by atoms with Crippen molar-refractivity contribution in [2.75, 3.05) is 0 Å². The molecule has 1 heterocycles. The molecule has 0 aliphatic carbocycles. The van der Waals surface area contributed by atoms with Crippen molar-refractivity contribution in [1.82, 2.24) is 4.98 Å². The van der Waals surface area contributed by atoms with Gasteiger partial charge in [0.1, 0.15) is 0 Å². The fourth-order valence-electron chi connectivity index (χ4n) is 2.07. The molecule has 0 amide bonds. The standard InChI is InChI=1S/C16H12N2O2/c19-15-13-9-5-4-8-12(13)14(16(20)18-15)10-17-11-6-2-1-3-7-11/h1-10H,(H2,18,19,20). The average molecular weight is 264 g/mol. The third-order valence-corrected chi connectivity index (χ3v) is 3.05. The Balaban J connectivity index is 2.17. The molecule has 4 heteroatoms. The van der Waals surface area contributed by atoms with Gasteiger partial charge in [0, 0.05) is 17.0 Å². The van der Waals surface area contributed by atoms with Crippen LogP contribution in [0.1, 0.15) is 5.56 Å². The van der Waals surface area contributed by atoms with Gasteiger partial charge in [0.25, 0.3) is 5.56 Å². The highest BCUT2D eigenvalue weighted by atomic mass is 16.3. The lowest BCUT2D eigenvalue weighted by Crippen LogP contribution is -2.07. The van der Waals surface area contributed by atoms with Crippen molar-refractivity contribution in [2.24, 2.45) is 4.99 Å². The van der Waals surface area contributed by atoms with E-state index in [2.05, 4.69) is 9.98 Å². The normalized spacial score (nSPS) is 11.2. The molecule has 0 aliphatic rings. The molecule has 0 radical (unpaired) electrons. The first kappa shape index (κ1) is 12.2. The molecule has 2 N–H and O–H groups in total. The Hall–Kier alpha value is -2.88. The van der Waals surface area contributed by atoms with E-state index in [9.17, 15) is 9.90 Å². The van der Waals surface area contributed by atoms with Crippen LogP contribution in [0.4, 0.5) is 5.69 Å². The number of nitrogens with one attached hydrogen (secondary N) is 1. The summed E-state index contributed by atoms with van der Waals surface area (Å²) in [4.78, 5) is 18.5. The van der Waals surface area contributed by atoms with E-state index in [0.717, 1.165) is 5.69 Å². The third-order valence-electron chi connectivity index (χ3n) is 3.05. The van der Waals surface area contributed by atoms with E-state index in [1.165, 1.54) is 0 Å². The molecule has 0 saturated heterocycles. The second-order valence-corrected chi connectivity index (χ2v) is 4.36. The number of aromatic amines is 1. The maximum Gasteiger partial charge on any atom is 0.258 e. The van der Waals surface area contributed by atoms with Crippen molar-refractivity contribution in [3.8, 4) is 5.88 Å². The zero-order valence-electron chi connectivity index (χ0n) is 10.6. The molecule has 20 heavy (non-hydrogen) atoms. The molecule has 98 valence electrons. The fraction of sp³-hybridized carbons (Fsp3) is 0. The van der Waals surface area contributed by atoms with Crippen LogP contribution in [0.3, 0.4) is 0 Å². The Labute approximate surface area is 115 Å². The summed E-state index contributed by atoms with van der Waals surface area (Å²) in [6.07, 6.45) is 1.56. The van der Waals surface area contributed by atoms with Crippen LogP contribution in [0.5, 0.6) is 5.88 Å². The summed E-state index contributed by atoms with van der Waals surface area (Å²) >= 11 is 0. The predicted molar refractivity (Wildman–Crippen MR) is 79.9 cm³/mol. The summed E-state index contributed by atoms with van der Waals surface area (Å²) in [5.74, 6) is -0.173. The highest BCUT2D eigenvalue weighted by Crippen LogP contribution is 2.21. The number of benzene rings is 2. The number of H-pyrrole nitrogens is 1. The van der Waals surface area contributed by atoms with Gasteiger partial charge in [-0.15, -0.1) is 0 Å².